The van der Waals surface area contributed by atoms with Crippen molar-refractivity contribution in [2.24, 2.45) is 11.7 Å². The molecular weight excluding hydrogens is 418 g/mol. The Morgan fingerprint density at radius 1 is 1.50 bits per heavy atom. The molecule has 2 rings (SSSR count). The van der Waals surface area contributed by atoms with Gasteiger partial charge in [-0.05, 0) is 5.92 Å². The molecule has 0 aromatic carbocycles. The number of aromatic amines is 1. The van der Waals surface area contributed by atoms with E-state index in [1.165, 1.54) is 0 Å². The molecule has 6 radical (unpaired) electrons. The zero-order chi connectivity index (χ0) is 23.2. The number of halogens is 1. The number of esters is 1. The van der Waals surface area contributed by atoms with Gasteiger partial charge in [-0.3, -0.25) is 14.3 Å². The number of nitrogens with zero attached hydrogens (tertiary/aromatic N) is 1. The van der Waals surface area contributed by atoms with Crippen molar-refractivity contribution >= 4 is 41.7 Å². The number of hydrogen-bond acceptors (Lipinski definition) is 9. The molecule has 1 aromatic heterocycles. The average molecular weight is 437 g/mol. The molecule has 15 heteroatoms. The number of carbonyl (C=O) groups excluding carboxylic acids is 1. The van der Waals surface area contributed by atoms with Crippen molar-refractivity contribution in [1.82, 2.24) is 9.55 Å². The lowest BCUT2D eigenvalue weighted by Crippen LogP contribution is -2.62. The van der Waals surface area contributed by atoms with Crippen LogP contribution in [0.4, 0.5) is 4.39 Å². The van der Waals surface area contributed by atoms with Gasteiger partial charge in [0.1, 0.15) is 52.1 Å². The van der Waals surface area contributed by atoms with Gasteiger partial charge in [0.15, 0.2) is 0 Å². The monoisotopic (exact) mass is 437 g/mol. The number of H-pyrrole nitrogens is 1. The molecule has 10 nitrogen and oxygen atoms in total. The van der Waals surface area contributed by atoms with Crippen LogP contribution in [0.5, 0.6) is 0 Å². The molecule has 1 aliphatic heterocycles. The molecule has 1 aromatic rings. The lowest BCUT2D eigenvalue weighted by atomic mass is 9.59. The first-order valence-electron chi connectivity index (χ1n) is 8.68. The van der Waals surface area contributed by atoms with Gasteiger partial charge in [-0.2, -0.15) is 0 Å². The second-order valence-corrected chi connectivity index (χ2v) is 7.72. The molecule has 0 amide bonds. The lowest BCUT2D eigenvalue weighted by Gasteiger charge is -2.41. The minimum Gasteiger partial charge on any atom is -0.473 e. The molecule has 30 heavy (non-hydrogen) atoms. The third kappa shape index (κ3) is 3.89. The molecule has 0 spiro atoms. The van der Waals surface area contributed by atoms with E-state index >= 15 is 4.39 Å². The van der Waals surface area contributed by atoms with Crippen molar-refractivity contribution in [3.05, 3.63) is 26.9 Å². The van der Waals surface area contributed by atoms with Crippen molar-refractivity contribution in [3.63, 3.8) is 0 Å². The van der Waals surface area contributed by atoms with Crippen LogP contribution >= 0.6 is 12.2 Å². The molecule has 1 fully saturated rings. The fourth-order valence-electron chi connectivity index (χ4n) is 2.75. The average Bonchev–Trinajstić information content (AvgIpc) is 2.82. The molecule has 1 aliphatic rings. The zero-order valence-corrected chi connectivity index (χ0v) is 16.9. The van der Waals surface area contributed by atoms with Gasteiger partial charge < -0.3 is 30.5 Å². The van der Waals surface area contributed by atoms with Crippen molar-refractivity contribution in [2.45, 2.75) is 55.6 Å². The number of alkyl halides is 1. The molecule has 0 bridgehead atoms. The van der Waals surface area contributed by atoms with Crippen molar-refractivity contribution < 1.29 is 34.0 Å². The van der Waals surface area contributed by atoms with Gasteiger partial charge >= 0.3 is 11.7 Å². The first-order valence-corrected chi connectivity index (χ1v) is 9.09. The smallest absolute Gasteiger partial charge is 0.328 e. The van der Waals surface area contributed by atoms with Gasteiger partial charge in [-0.15, -0.1) is 0 Å². The highest BCUT2D eigenvalue weighted by atomic mass is 32.1. The summed E-state index contributed by atoms with van der Waals surface area (Å²) in [6.45, 7) is 2.51. The summed E-state index contributed by atoms with van der Waals surface area (Å²) >= 11 is 4.85. The van der Waals surface area contributed by atoms with Gasteiger partial charge in [-0.1, -0.05) is 26.1 Å². The number of ether oxygens (including phenoxy) is 2. The van der Waals surface area contributed by atoms with Gasteiger partial charge in [0.2, 0.25) is 0 Å². The number of nitrogens with one attached hydrogen (secondary N) is 1. The standard InChI is InChI=1S/C15H19B3FN3O7S/c1-5(2)7(20)11(26)28-15(17,18)13(19)8(24)9(25)14(16,29-13)22-3-6(4-23)10(30)21-12(22)27/h3,5,7-9,23-25H,4,20H2,1-2H3,(H,21,27,30)/t7-,8-,9+,13-,14-/m0/s1. The van der Waals surface area contributed by atoms with Crippen molar-refractivity contribution in [1.29, 1.82) is 0 Å². The number of carbonyl (C=O) groups is 1. The molecule has 0 aliphatic carbocycles. The van der Waals surface area contributed by atoms with Crippen LogP contribution < -0.4 is 11.4 Å². The van der Waals surface area contributed by atoms with E-state index in [2.05, 4.69) is 4.98 Å². The van der Waals surface area contributed by atoms with Crippen LogP contribution in [-0.2, 0) is 26.5 Å². The second kappa shape index (κ2) is 8.21. The Morgan fingerprint density at radius 3 is 2.57 bits per heavy atom. The molecule has 6 N–H and O–H groups in total. The van der Waals surface area contributed by atoms with E-state index in [1.54, 1.807) is 13.8 Å². The van der Waals surface area contributed by atoms with Gasteiger partial charge in [0, 0.05) is 11.8 Å². The summed E-state index contributed by atoms with van der Waals surface area (Å²) in [5.41, 5.74) is 1.72. The van der Waals surface area contributed by atoms with Crippen LogP contribution in [0, 0.1) is 10.6 Å². The number of aliphatic hydroxyl groups is 3. The number of rotatable bonds is 6. The Balaban J connectivity index is 2.50. The lowest BCUT2D eigenvalue weighted by molar-refractivity contribution is -0.250. The highest BCUT2D eigenvalue weighted by molar-refractivity contribution is 7.71. The molecule has 5 atom stereocenters. The van der Waals surface area contributed by atoms with E-state index in [1.807, 2.05) is 0 Å². The Bertz CT molecular complexity index is 945. The Kier molecular flexibility index (Phi) is 6.77. The summed E-state index contributed by atoms with van der Waals surface area (Å²) in [6, 6.07) is -1.24. The summed E-state index contributed by atoms with van der Waals surface area (Å²) in [5.74, 6) is -5.32. The van der Waals surface area contributed by atoms with E-state index < -0.39 is 59.3 Å². The minimum atomic E-state index is -3.68. The van der Waals surface area contributed by atoms with Crippen LogP contribution in [-0.4, -0.2) is 83.9 Å². The SMILES string of the molecule is [B]C([B])(OC(=O)[C@@H](N)C(C)C)[C@@]1(F)O[C@@]([B])(n2cc(CO)c(=S)[nH]c2=O)[C@H](O)[C@@H]1O. The Morgan fingerprint density at radius 2 is 2.07 bits per heavy atom. The van der Waals surface area contributed by atoms with Crippen LogP contribution in [0.3, 0.4) is 0 Å². The fraction of sp³-hybridized carbons (Fsp3) is 0.667. The quantitative estimate of drug-likeness (QED) is 0.179. The predicted molar refractivity (Wildman–Crippen MR) is 106 cm³/mol. The number of nitrogens with two attached hydrogens (primary N) is 1. The second-order valence-electron chi connectivity index (χ2n) is 7.31. The molecule has 1 saturated heterocycles. The topological polar surface area (TPSA) is 160 Å². The van der Waals surface area contributed by atoms with Crippen LogP contribution in [0.25, 0.3) is 0 Å². The van der Waals surface area contributed by atoms with Gasteiger partial charge in [0.05, 0.1) is 12.0 Å². The summed E-state index contributed by atoms with van der Waals surface area (Å²) in [6.07, 6.45) is -4.02. The van der Waals surface area contributed by atoms with E-state index in [9.17, 15) is 24.9 Å². The normalized spacial score (nSPS) is 30.4. The molecule has 0 saturated carbocycles. The molecule has 0 unspecified atom stereocenters. The number of hydrogen-bond donors (Lipinski definition) is 5. The van der Waals surface area contributed by atoms with E-state index in [0.717, 1.165) is 6.20 Å². The maximum absolute atomic E-state index is 15.7. The van der Waals surface area contributed by atoms with Gasteiger partial charge in [-0.25, -0.2) is 9.18 Å². The van der Waals surface area contributed by atoms with Crippen molar-refractivity contribution in [3.8, 4) is 0 Å². The maximum Gasteiger partial charge on any atom is 0.328 e. The first-order chi connectivity index (χ1) is 13.6. The molecule has 2 heterocycles. The van der Waals surface area contributed by atoms with E-state index in [0.29, 0.717) is 4.57 Å². The largest absolute Gasteiger partial charge is 0.473 e. The Labute approximate surface area is 179 Å². The van der Waals surface area contributed by atoms with E-state index in [4.69, 9.17) is 51.0 Å². The minimum absolute atomic E-state index is 0.0304. The molecular formula is C15H19B3FN3O7S. The van der Waals surface area contributed by atoms with Gasteiger partial charge in [0.25, 0.3) is 5.85 Å². The van der Waals surface area contributed by atoms with E-state index in [-0.39, 0.29) is 10.2 Å². The van der Waals surface area contributed by atoms with Crippen LogP contribution in [0.1, 0.15) is 19.4 Å². The third-order valence-electron chi connectivity index (χ3n) is 4.77. The van der Waals surface area contributed by atoms with Crippen LogP contribution in [0.15, 0.2) is 11.0 Å². The van der Waals surface area contributed by atoms with Crippen LogP contribution in [0.2, 0.25) is 0 Å². The predicted octanol–water partition coefficient (Wildman–Crippen LogP) is -2.89. The highest BCUT2D eigenvalue weighted by Crippen LogP contribution is 2.45. The fourth-order valence-corrected chi connectivity index (χ4v) is 2.95. The Hall–Kier alpha value is -1.51. The zero-order valence-electron chi connectivity index (χ0n) is 16.1. The summed E-state index contributed by atoms with van der Waals surface area (Å²) in [4.78, 5) is 26.5. The highest BCUT2D eigenvalue weighted by Gasteiger charge is 2.68. The number of aliphatic hydroxyl groups excluding tert-OH is 3. The molecule has 158 valence electrons. The maximum atomic E-state index is 15.7. The summed E-state index contributed by atoms with van der Waals surface area (Å²) in [5, 5.41) is 26.8. The summed E-state index contributed by atoms with van der Waals surface area (Å²) in [7, 11) is 17.0. The summed E-state index contributed by atoms with van der Waals surface area (Å²) < 4.78 is 25.6. The number of aromatic nitrogens is 2. The first kappa shape index (κ1) is 24.8. The third-order valence-corrected chi connectivity index (χ3v) is 5.13. The van der Waals surface area contributed by atoms with Crippen molar-refractivity contribution in [2.75, 3.05) is 0 Å².